The van der Waals surface area contributed by atoms with E-state index < -0.39 is 6.04 Å². The van der Waals surface area contributed by atoms with Crippen molar-refractivity contribution in [2.45, 2.75) is 77.1 Å². The number of carbonyl (C=O) groups excluding carboxylic acids is 2. The van der Waals surface area contributed by atoms with Crippen LogP contribution in [0.4, 0.5) is 4.39 Å². The Morgan fingerprint density at radius 3 is 2.52 bits per heavy atom. The molecule has 2 aromatic carbocycles. The molecule has 0 aromatic heterocycles. The Kier molecular flexibility index (Phi) is 12.8. The van der Waals surface area contributed by atoms with E-state index in [0.29, 0.717) is 26.1 Å². The SMILES string of the molecule is CCC[C@@H]1NC[C@@H](C)Oc2ccccc2CCCNC(=O)[C@@H](Cc2ccc(F)cc2)NCOC[C@@H](C)N(C)C1=O. The van der Waals surface area contributed by atoms with E-state index in [4.69, 9.17) is 9.47 Å². The molecule has 0 spiro atoms. The summed E-state index contributed by atoms with van der Waals surface area (Å²) in [5, 5.41) is 9.64. The summed E-state index contributed by atoms with van der Waals surface area (Å²) in [6, 6.07) is 13.1. The van der Waals surface area contributed by atoms with Gasteiger partial charge in [-0.3, -0.25) is 14.9 Å². The van der Waals surface area contributed by atoms with Crippen LogP contribution in [0, 0.1) is 5.82 Å². The van der Waals surface area contributed by atoms with Crippen LogP contribution in [0.5, 0.6) is 5.75 Å². The number of likely N-dealkylation sites (N-methyl/N-ethyl adjacent to an activating group) is 1. The van der Waals surface area contributed by atoms with Crippen LogP contribution in [0.3, 0.4) is 0 Å². The second kappa shape index (κ2) is 16.3. The van der Waals surface area contributed by atoms with E-state index in [2.05, 4.69) is 22.9 Å². The van der Waals surface area contributed by atoms with Gasteiger partial charge in [0.15, 0.2) is 0 Å². The first-order valence-electron chi connectivity index (χ1n) is 14.4. The number of carbonyl (C=O) groups is 2. The van der Waals surface area contributed by atoms with Crippen molar-refractivity contribution in [3.05, 3.63) is 65.5 Å². The van der Waals surface area contributed by atoms with E-state index in [9.17, 15) is 14.0 Å². The molecule has 1 aliphatic heterocycles. The molecule has 2 amide bonds. The fraction of sp³-hybridized carbons (Fsp3) is 0.548. The van der Waals surface area contributed by atoms with E-state index >= 15 is 0 Å². The van der Waals surface area contributed by atoms with E-state index in [1.807, 2.05) is 38.1 Å². The molecule has 1 aliphatic rings. The molecule has 0 saturated heterocycles. The monoisotopic (exact) mass is 556 g/mol. The fourth-order valence-corrected chi connectivity index (χ4v) is 4.68. The number of rotatable bonds is 4. The number of hydrogen-bond donors (Lipinski definition) is 3. The third-order valence-electron chi connectivity index (χ3n) is 7.22. The zero-order valence-corrected chi connectivity index (χ0v) is 24.3. The maximum absolute atomic E-state index is 13.4. The van der Waals surface area contributed by atoms with Gasteiger partial charge in [-0.05, 0) is 68.9 Å². The second-order valence-electron chi connectivity index (χ2n) is 10.6. The van der Waals surface area contributed by atoms with Gasteiger partial charge in [0.25, 0.3) is 0 Å². The third-order valence-corrected chi connectivity index (χ3v) is 7.22. The van der Waals surface area contributed by atoms with Crippen LogP contribution in [0.1, 0.15) is 51.2 Å². The summed E-state index contributed by atoms with van der Waals surface area (Å²) in [6.45, 7) is 7.52. The van der Waals surface area contributed by atoms with Crippen LogP contribution >= 0.6 is 0 Å². The van der Waals surface area contributed by atoms with Gasteiger partial charge in [-0.15, -0.1) is 0 Å². The number of fused-ring (bicyclic) bond motifs is 1. The minimum atomic E-state index is -0.555. The molecule has 1 heterocycles. The average Bonchev–Trinajstić information content (AvgIpc) is 2.95. The van der Waals surface area contributed by atoms with E-state index in [1.54, 1.807) is 24.1 Å². The lowest BCUT2D eigenvalue weighted by molar-refractivity contribution is -0.135. The molecule has 40 heavy (non-hydrogen) atoms. The lowest BCUT2D eigenvalue weighted by Crippen LogP contribution is -2.51. The van der Waals surface area contributed by atoms with Gasteiger partial charge in [0.1, 0.15) is 17.7 Å². The maximum Gasteiger partial charge on any atom is 0.239 e. The molecule has 0 unspecified atom stereocenters. The number of halogens is 1. The molecule has 0 radical (unpaired) electrons. The van der Waals surface area contributed by atoms with Gasteiger partial charge >= 0.3 is 0 Å². The molecule has 2 aromatic rings. The third kappa shape index (κ3) is 9.87. The quantitative estimate of drug-likeness (QED) is 0.535. The predicted molar refractivity (Wildman–Crippen MR) is 155 cm³/mol. The molecular weight excluding hydrogens is 511 g/mol. The Bertz CT molecular complexity index is 1070. The number of para-hydroxylation sites is 1. The van der Waals surface area contributed by atoms with Gasteiger partial charge in [-0.25, -0.2) is 4.39 Å². The van der Waals surface area contributed by atoms with Gasteiger partial charge < -0.3 is 25.0 Å². The predicted octanol–water partition coefficient (Wildman–Crippen LogP) is 3.44. The van der Waals surface area contributed by atoms with Crippen LogP contribution < -0.4 is 20.7 Å². The number of nitrogens with one attached hydrogen (secondary N) is 3. The van der Waals surface area contributed by atoms with Crippen molar-refractivity contribution >= 4 is 11.8 Å². The number of nitrogens with zero attached hydrogens (tertiary/aromatic N) is 1. The zero-order chi connectivity index (χ0) is 28.9. The largest absolute Gasteiger partial charge is 0.489 e. The zero-order valence-electron chi connectivity index (χ0n) is 24.3. The van der Waals surface area contributed by atoms with E-state index in [1.165, 1.54) is 12.1 Å². The molecule has 0 bridgehead atoms. The Morgan fingerprint density at radius 2 is 1.77 bits per heavy atom. The Balaban J connectivity index is 1.75. The van der Waals surface area contributed by atoms with Crippen LogP contribution in [0.25, 0.3) is 0 Å². The van der Waals surface area contributed by atoms with Gasteiger partial charge in [0, 0.05) is 20.1 Å². The van der Waals surface area contributed by atoms with E-state index in [-0.39, 0.29) is 42.6 Å². The molecule has 9 heteroatoms. The average molecular weight is 557 g/mol. The molecular formula is C31H45FN4O4. The van der Waals surface area contributed by atoms with Crippen molar-refractivity contribution in [1.29, 1.82) is 0 Å². The molecule has 3 rings (SSSR count). The van der Waals surface area contributed by atoms with E-state index in [0.717, 1.165) is 42.6 Å². The van der Waals surface area contributed by atoms with Gasteiger partial charge in [0.2, 0.25) is 11.8 Å². The highest BCUT2D eigenvalue weighted by Gasteiger charge is 2.25. The minimum absolute atomic E-state index is 0.0153. The summed E-state index contributed by atoms with van der Waals surface area (Å²) in [5.41, 5.74) is 1.92. The van der Waals surface area contributed by atoms with Gasteiger partial charge in [-0.2, -0.15) is 0 Å². The van der Waals surface area contributed by atoms with Crippen LogP contribution in [-0.4, -0.2) is 74.4 Å². The highest BCUT2D eigenvalue weighted by Crippen LogP contribution is 2.21. The molecule has 4 atom stereocenters. The number of benzene rings is 2. The lowest BCUT2D eigenvalue weighted by Gasteiger charge is -2.30. The van der Waals surface area contributed by atoms with Crippen LogP contribution in [-0.2, 0) is 27.2 Å². The van der Waals surface area contributed by atoms with Crippen LogP contribution in [0.15, 0.2) is 48.5 Å². The summed E-state index contributed by atoms with van der Waals surface area (Å²) < 4.78 is 25.5. The standard InChI is InChI=1S/C31H45FN4O4/c1-5-9-27-31(38)36(4)22(2)20-39-21-35-28(18-24-13-15-26(32)16-14-24)30(37)33-17-8-11-25-10-6-7-12-29(25)40-23(3)19-34-27/h6-7,10,12-16,22-23,27-28,34-35H,5,8-9,11,17-21H2,1-4H3,(H,33,37)/t22-,23-,27+,28-/m1/s1. The molecule has 0 aliphatic carbocycles. The Morgan fingerprint density at radius 1 is 1.02 bits per heavy atom. The molecule has 3 N–H and O–H groups in total. The molecule has 0 fully saturated rings. The minimum Gasteiger partial charge on any atom is -0.489 e. The van der Waals surface area contributed by atoms with Crippen molar-refractivity contribution in [2.24, 2.45) is 0 Å². The van der Waals surface area contributed by atoms with Crippen molar-refractivity contribution in [2.75, 3.05) is 33.5 Å². The number of aryl methyl sites for hydroxylation is 1. The van der Waals surface area contributed by atoms with Crippen molar-refractivity contribution < 1.29 is 23.5 Å². The number of hydrogen-bond acceptors (Lipinski definition) is 6. The normalized spacial score (nSPS) is 24.5. The second-order valence-corrected chi connectivity index (χ2v) is 10.6. The topological polar surface area (TPSA) is 91.9 Å². The molecule has 8 nitrogen and oxygen atoms in total. The van der Waals surface area contributed by atoms with Gasteiger partial charge in [-0.1, -0.05) is 43.7 Å². The molecule has 220 valence electrons. The smallest absolute Gasteiger partial charge is 0.239 e. The first-order valence-corrected chi connectivity index (χ1v) is 14.4. The summed E-state index contributed by atoms with van der Waals surface area (Å²) >= 11 is 0. The van der Waals surface area contributed by atoms with Crippen molar-refractivity contribution in [3.8, 4) is 5.75 Å². The summed E-state index contributed by atoms with van der Waals surface area (Å²) in [4.78, 5) is 28.2. The highest BCUT2D eigenvalue weighted by atomic mass is 19.1. The Labute approximate surface area is 238 Å². The number of amides is 2. The maximum atomic E-state index is 13.4. The van der Waals surface area contributed by atoms with Crippen molar-refractivity contribution in [1.82, 2.24) is 20.9 Å². The summed E-state index contributed by atoms with van der Waals surface area (Å²) in [7, 11) is 1.79. The lowest BCUT2D eigenvalue weighted by atomic mass is 10.0. The molecule has 0 saturated carbocycles. The van der Waals surface area contributed by atoms with Crippen LogP contribution in [0.2, 0.25) is 0 Å². The fourth-order valence-electron chi connectivity index (χ4n) is 4.68. The Hall–Kier alpha value is -3.01. The summed E-state index contributed by atoms with van der Waals surface area (Å²) in [5.74, 6) is 0.369. The van der Waals surface area contributed by atoms with Crippen molar-refractivity contribution in [3.63, 3.8) is 0 Å². The summed E-state index contributed by atoms with van der Waals surface area (Å²) in [6.07, 6.45) is 3.35. The van der Waals surface area contributed by atoms with Gasteiger partial charge in [0.05, 0.1) is 31.5 Å². The number of ether oxygens (including phenoxy) is 2. The first kappa shape index (κ1) is 31.5. The first-order chi connectivity index (χ1) is 19.3. The highest BCUT2D eigenvalue weighted by molar-refractivity contribution is 5.82.